The number of allylic oxidation sites excluding steroid dienone is 1. The summed E-state index contributed by atoms with van der Waals surface area (Å²) in [6.45, 7) is 3.35. The zero-order chi connectivity index (χ0) is 17.3. The minimum atomic E-state index is -0.530. The van der Waals surface area contributed by atoms with Gasteiger partial charge in [-0.05, 0) is 25.0 Å². The Morgan fingerprint density at radius 2 is 2.21 bits per heavy atom. The largest absolute Gasteiger partial charge is 0.394 e. The molecule has 1 aromatic rings. The van der Waals surface area contributed by atoms with E-state index in [-0.39, 0.29) is 23.9 Å². The summed E-state index contributed by atoms with van der Waals surface area (Å²) in [5.74, 6) is -0.716. The lowest BCUT2D eigenvalue weighted by molar-refractivity contribution is -0.129. The molecule has 1 fully saturated rings. The molecule has 1 saturated heterocycles. The molecule has 1 aromatic heterocycles. The van der Waals surface area contributed by atoms with Crippen molar-refractivity contribution in [3.05, 3.63) is 35.3 Å². The molecule has 2 aliphatic heterocycles. The Bertz CT molecular complexity index is 726. The third-order valence-electron chi connectivity index (χ3n) is 4.13. The number of carbonyl (C=O) groups excluding carboxylic acids is 3. The van der Waals surface area contributed by atoms with Crippen molar-refractivity contribution in [1.29, 1.82) is 0 Å². The number of Topliss-reactive ketones (excluding diaryl/α,β-unsaturated/α-hetero) is 1. The molecule has 1 unspecified atom stereocenters. The van der Waals surface area contributed by atoms with Crippen LogP contribution in [0.3, 0.4) is 0 Å². The second-order valence-electron chi connectivity index (χ2n) is 6.04. The molecule has 3 rings (SSSR count). The summed E-state index contributed by atoms with van der Waals surface area (Å²) in [6.07, 6.45) is 2.23. The van der Waals surface area contributed by atoms with Gasteiger partial charge in [-0.3, -0.25) is 14.4 Å². The molecular weight excluding hydrogens is 310 g/mol. The van der Waals surface area contributed by atoms with Crippen LogP contribution in [-0.2, 0) is 14.4 Å². The lowest BCUT2D eigenvalue weighted by Gasteiger charge is -2.20. The lowest BCUT2D eigenvalue weighted by atomic mass is 10.1. The average molecular weight is 329 g/mol. The zero-order valence-electron chi connectivity index (χ0n) is 13.3. The fourth-order valence-corrected chi connectivity index (χ4v) is 2.80. The van der Waals surface area contributed by atoms with Gasteiger partial charge in [0, 0.05) is 25.3 Å². The first kappa shape index (κ1) is 16.0. The number of anilines is 1. The van der Waals surface area contributed by atoms with Gasteiger partial charge in [-0.25, -0.2) is 4.98 Å². The maximum Gasteiger partial charge on any atom is 0.270 e. The topological polar surface area (TPSA) is 117 Å². The molecule has 8 heteroatoms. The molecule has 1 atom stereocenters. The van der Waals surface area contributed by atoms with Crippen LogP contribution in [-0.4, -0.2) is 41.7 Å². The number of ketones is 1. The summed E-state index contributed by atoms with van der Waals surface area (Å²) in [5.41, 5.74) is 6.37. The Kier molecular flexibility index (Phi) is 4.20. The number of rotatable bonds is 3. The van der Waals surface area contributed by atoms with Crippen LogP contribution in [0.4, 0.5) is 5.82 Å². The van der Waals surface area contributed by atoms with Crippen LogP contribution in [0.25, 0.3) is 0 Å². The summed E-state index contributed by atoms with van der Waals surface area (Å²) in [4.78, 5) is 41.7. The van der Waals surface area contributed by atoms with Crippen LogP contribution in [0.5, 0.6) is 0 Å². The van der Waals surface area contributed by atoms with Crippen molar-refractivity contribution >= 4 is 23.4 Å². The normalized spacial score (nSPS) is 21.0. The van der Waals surface area contributed by atoms with E-state index in [1.807, 2.05) is 19.1 Å². The summed E-state index contributed by atoms with van der Waals surface area (Å²) >= 11 is 0. The third-order valence-corrected chi connectivity index (χ3v) is 4.13. The SMILES string of the molecule is Cc1ccc(N2CCC(NC(=O)C3=C(N)C(=O)CC(=O)N3)C2)nc1. The molecule has 0 saturated carbocycles. The number of pyridine rings is 1. The Balaban J connectivity index is 1.64. The Morgan fingerprint density at radius 3 is 2.92 bits per heavy atom. The predicted octanol–water partition coefficient (Wildman–Crippen LogP) is -0.656. The van der Waals surface area contributed by atoms with E-state index in [9.17, 15) is 14.4 Å². The minimum absolute atomic E-state index is 0.102. The Labute approximate surface area is 139 Å². The van der Waals surface area contributed by atoms with Gasteiger partial charge in [0.25, 0.3) is 5.91 Å². The number of hydrogen-bond donors (Lipinski definition) is 3. The number of nitrogens with one attached hydrogen (secondary N) is 2. The van der Waals surface area contributed by atoms with Crippen molar-refractivity contribution in [3.63, 3.8) is 0 Å². The fraction of sp³-hybridized carbons (Fsp3) is 0.375. The van der Waals surface area contributed by atoms with Crippen molar-refractivity contribution in [1.82, 2.24) is 15.6 Å². The molecular formula is C16H19N5O3. The van der Waals surface area contributed by atoms with Gasteiger partial charge in [0.05, 0.1) is 6.42 Å². The lowest BCUT2D eigenvalue weighted by Crippen LogP contribution is -2.46. The first-order valence-corrected chi connectivity index (χ1v) is 7.75. The van der Waals surface area contributed by atoms with Gasteiger partial charge in [0.15, 0.2) is 5.78 Å². The third kappa shape index (κ3) is 3.22. The number of amides is 2. The molecule has 3 heterocycles. The van der Waals surface area contributed by atoms with Crippen LogP contribution < -0.4 is 21.3 Å². The van der Waals surface area contributed by atoms with Gasteiger partial charge in [0.1, 0.15) is 17.2 Å². The van der Waals surface area contributed by atoms with Crippen LogP contribution in [0.2, 0.25) is 0 Å². The van der Waals surface area contributed by atoms with E-state index >= 15 is 0 Å². The quantitative estimate of drug-likeness (QED) is 0.634. The Morgan fingerprint density at radius 1 is 1.42 bits per heavy atom. The number of aromatic nitrogens is 1. The molecule has 4 N–H and O–H groups in total. The summed E-state index contributed by atoms with van der Waals surface area (Å²) in [6, 6.07) is 3.83. The molecule has 8 nitrogen and oxygen atoms in total. The standard InChI is InChI=1S/C16H19N5O3/c1-9-2-3-12(18-7-9)21-5-4-10(8-21)19-16(24)15-14(17)11(22)6-13(23)20-15/h2-3,7,10H,4-6,8,17H2,1H3,(H,19,24)(H,20,23). The van der Waals surface area contributed by atoms with E-state index in [4.69, 9.17) is 5.73 Å². The highest BCUT2D eigenvalue weighted by molar-refractivity contribution is 6.16. The molecule has 0 aromatic carbocycles. The molecule has 126 valence electrons. The maximum atomic E-state index is 12.3. The van der Waals surface area contributed by atoms with Gasteiger partial charge in [-0.15, -0.1) is 0 Å². The number of aryl methyl sites for hydroxylation is 1. The molecule has 2 aliphatic rings. The predicted molar refractivity (Wildman–Crippen MR) is 86.7 cm³/mol. The number of hydrogen-bond acceptors (Lipinski definition) is 6. The second kappa shape index (κ2) is 6.31. The van der Waals surface area contributed by atoms with E-state index in [0.29, 0.717) is 6.54 Å². The van der Waals surface area contributed by atoms with Crippen molar-refractivity contribution in [3.8, 4) is 0 Å². The monoisotopic (exact) mass is 329 g/mol. The first-order chi connectivity index (χ1) is 11.4. The summed E-state index contributed by atoms with van der Waals surface area (Å²) < 4.78 is 0. The minimum Gasteiger partial charge on any atom is -0.394 e. The fourth-order valence-electron chi connectivity index (χ4n) is 2.80. The highest BCUT2D eigenvalue weighted by Crippen LogP contribution is 2.18. The average Bonchev–Trinajstić information content (AvgIpc) is 3.00. The summed E-state index contributed by atoms with van der Waals surface area (Å²) in [7, 11) is 0. The van der Waals surface area contributed by atoms with Crippen molar-refractivity contribution in [2.75, 3.05) is 18.0 Å². The van der Waals surface area contributed by atoms with Crippen LogP contribution in [0.15, 0.2) is 29.7 Å². The molecule has 24 heavy (non-hydrogen) atoms. The van der Waals surface area contributed by atoms with Crippen molar-refractivity contribution < 1.29 is 14.4 Å². The van der Waals surface area contributed by atoms with E-state index in [2.05, 4.69) is 20.5 Å². The molecule has 0 radical (unpaired) electrons. The van der Waals surface area contributed by atoms with Crippen LogP contribution in [0.1, 0.15) is 18.4 Å². The molecule has 0 bridgehead atoms. The Hall–Kier alpha value is -2.90. The van der Waals surface area contributed by atoms with E-state index in [1.54, 1.807) is 6.20 Å². The number of carbonyl (C=O) groups is 3. The van der Waals surface area contributed by atoms with Gasteiger partial charge >= 0.3 is 0 Å². The maximum absolute atomic E-state index is 12.3. The summed E-state index contributed by atoms with van der Waals surface area (Å²) in [5, 5.41) is 5.19. The van der Waals surface area contributed by atoms with Crippen molar-refractivity contribution in [2.45, 2.75) is 25.8 Å². The molecule has 0 aliphatic carbocycles. The van der Waals surface area contributed by atoms with Gasteiger partial charge in [-0.1, -0.05) is 6.07 Å². The smallest absolute Gasteiger partial charge is 0.270 e. The highest BCUT2D eigenvalue weighted by Gasteiger charge is 2.31. The molecule has 2 amide bonds. The zero-order valence-corrected chi connectivity index (χ0v) is 13.3. The van der Waals surface area contributed by atoms with E-state index in [1.165, 1.54) is 0 Å². The van der Waals surface area contributed by atoms with E-state index in [0.717, 1.165) is 24.3 Å². The molecule has 0 spiro atoms. The first-order valence-electron chi connectivity index (χ1n) is 7.75. The van der Waals surface area contributed by atoms with E-state index < -0.39 is 17.6 Å². The van der Waals surface area contributed by atoms with Gasteiger partial charge < -0.3 is 21.3 Å². The second-order valence-corrected chi connectivity index (χ2v) is 6.04. The highest BCUT2D eigenvalue weighted by atomic mass is 16.2. The van der Waals surface area contributed by atoms with Crippen LogP contribution in [0, 0.1) is 6.92 Å². The van der Waals surface area contributed by atoms with Gasteiger partial charge in [-0.2, -0.15) is 0 Å². The van der Waals surface area contributed by atoms with Gasteiger partial charge in [0.2, 0.25) is 5.91 Å². The van der Waals surface area contributed by atoms with Crippen LogP contribution >= 0.6 is 0 Å². The van der Waals surface area contributed by atoms with Crippen molar-refractivity contribution in [2.24, 2.45) is 5.73 Å². The number of nitrogens with zero attached hydrogens (tertiary/aromatic N) is 2. The number of nitrogens with two attached hydrogens (primary N) is 1.